The van der Waals surface area contributed by atoms with Crippen LogP contribution in [0.15, 0.2) is 30.5 Å². The van der Waals surface area contributed by atoms with E-state index in [4.69, 9.17) is 11.5 Å². The molecule has 17 heavy (non-hydrogen) atoms. The summed E-state index contributed by atoms with van der Waals surface area (Å²) in [4.78, 5) is 11.0. The third-order valence-corrected chi connectivity index (χ3v) is 2.55. The number of hydrogen-bond acceptors (Lipinski definition) is 3. The van der Waals surface area contributed by atoms with E-state index in [-0.39, 0.29) is 5.69 Å². The second-order valence-electron chi connectivity index (χ2n) is 3.85. The van der Waals surface area contributed by atoms with E-state index in [0.717, 1.165) is 16.8 Å². The number of nitrogens with two attached hydrogens (primary N) is 2. The highest BCUT2D eigenvalue weighted by Gasteiger charge is 2.08. The van der Waals surface area contributed by atoms with Gasteiger partial charge in [-0.3, -0.25) is 4.79 Å². The predicted octanol–water partition coefficient (Wildman–Crippen LogP) is 0.738. The third kappa shape index (κ3) is 2.19. The number of primary amides is 1. The summed E-state index contributed by atoms with van der Waals surface area (Å²) in [6, 6.07) is 7.51. The van der Waals surface area contributed by atoms with Crippen molar-refractivity contribution in [2.45, 2.75) is 13.5 Å². The molecule has 0 spiro atoms. The Balaban J connectivity index is 2.51. The quantitative estimate of drug-likeness (QED) is 0.815. The topological polar surface area (TPSA) is 86.9 Å². The van der Waals surface area contributed by atoms with Crippen molar-refractivity contribution >= 4 is 5.91 Å². The van der Waals surface area contributed by atoms with Crippen molar-refractivity contribution in [3.8, 4) is 5.69 Å². The molecule has 0 aliphatic carbocycles. The van der Waals surface area contributed by atoms with Gasteiger partial charge in [0.25, 0.3) is 5.91 Å². The Hall–Kier alpha value is -2.14. The van der Waals surface area contributed by atoms with E-state index < -0.39 is 5.91 Å². The van der Waals surface area contributed by atoms with Gasteiger partial charge >= 0.3 is 0 Å². The maximum atomic E-state index is 11.0. The largest absolute Gasteiger partial charge is 0.364 e. The van der Waals surface area contributed by atoms with Crippen molar-refractivity contribution in [1.29, 1.82) is 0 Å². The Morgan fingerprint density at radius 1 is 1.41 bits per heavy atom. The lowest BCUT2D eigenvalue weighted by molar-refractivity contribution is 0.0995. The molecule has 0 unspecified atom stereocenters. The maximum absolute atomic E-state index is 11.0. The van der Waals surface area contributed by atoms with Crippen LogP contribution in [0.5, 0.6) is 0 Å². The van der Waals surface area contributed by atoms with Gasteiger partial charge in [-0.15, -0.1) is 0 Å². The first-order valence-corrected chi connectivity index (χ1v) is 5.27. The number of hydrogen-bond donors (Lipinski definition) is 2. The predicted molar refractivity (Wildman–Crippen MR) is 64.7 cm³/mol. The molecule has 0 aliphatic rings. The van der Waals surface area contributed by atoms with E-state index in [1.807, 2.05) is 25.1 Å². The van der Waals surface area contributed by atoms with Crippen LogP contribution in [0.4, 0.5) is 0 Å². The third-order valence-electron chi connectivity index (χ3n) is 2.55. The van der Waals surface area contributed by atoms with Gasteiger partial charge in [-0.1, -0.05) is 12.1 Å². The first-order chi connectivity index (χ1) is 8.11. The maximum Gasteiger partial charge on any atom is 0.269 e. The summed E-state index contributed by atoms with van der Waals surface area (Å²) in [5.41, 5.74) is 14.0. The van der Waals surface area contributed by atoms with Gasteiger partial charge in [-0.05, 0) is 30.2 Å². The summed E-state index contributed by atoms with van der Waals surface area (Å²) in [7, 11) is 0. The number of nitrogens with zero attached hydrogens (tertiary/aromatic N) is 2. The monoisotopic (exact) mass is 230 g/mol. The van der Waals surface area contributed by atoms with Gasteiger partial charge in [-0.2, -0.15) is 5.10 Å². The van der Waals surface area contributed by atoms with Crippen LogP contribution in [-0.2, 0) is 6.54 Å². The van der Waals surface area contributed by atoms with Gasteiger partial charge in [-0.25, -0.2) is 4.68 Å². The second kappa shape index (κ2) is 4.39. The van der Waals surface area contributed by atoms with Crippen molar-refractivity contribution < 1.29 is 4.79 Å². The summed E-state index contributed by atoms with van der Waals surface area (Å²) >= 11 is 0. The zero-order valence-electron chi connectivity index (χ0n) is 9.55. The van der Waals surface area contributed by atoms with Crippen LogP contribution in [0, 0.1) is 6.92 Å². The minimum Gasteiger partial charge on any atom is -0.364 e. The lowest BCUT2D eigenvalue weighted by Crippen LogP contribution is -2.13. The number of carbonyl (C=O) groups excluding carboxylic acids is 1. The van der Waals surface area contributed by atoms with E-state index in [2.05, 4.69) is 5.10 Å². The Morgan fingerprint density at radius 2 is 2.18 bits per heavy atom. The van der Waals surface area contributed by atoms with Gasteiger partial charge in [0, 0.05) is 12.7 Å². The molecule has 5 nitrogen and oxygen atoms in total. The van der Waals surface area contributed by atoms with Crippen LogP contribution < -0.4 is 11.5 Å². The molecule has 0 bridgehead atoms. The van der Waals surface area contributed by atoms with Gasteiger partial charge < -0.3 is 11.5 Å². The molecule has 2 rings (SSSR count). The van der Waals surface area contributed by atoms with Crippen molar-refractivity contribution in [2.75, 3.05) is 0 Å². The molecular weight excluding hydrogens is 216 g/mol. The molecule has 1 heterocycles. The summed E-state index contributed by atoms with van der Waals surface area (Å²) < 4.78 is 1.62. The zero-order valence-corrected chi connectivity index (χ0v) is 9.55. The summed E-state index contributed by atoms with van der Waals surface area (Å²) in [6.07, 6.45) is 1.70. The SMILES string of the molecule is Cc1ccc(CN)c(-n2ccc(C(N)=O)n2)c1. The molecule has 88 valence electrons. The second-order valence-corrected chi connectivity index (χ2v) is 3.85. The van der Waals surface area contributed by atoms with Crippen LogP contribution in [-0.4, -0.2) is 15.7 Å². The zero-order chi connectivity index (χ0) is 12.4. The molecule has 0 aliphatic heterocycles. The summed E-state index contributed by atoms with van der Waals surface area (Å²) in [5, 5.41) is 4.12. The number of carbonyl (C=O) groups is 1. The smallest absolute Gasteiger partial charge is 0.269 e. The molecule has 5 heteroatoms. The molecule has 1 amide bonds. The Labute approximate surface area is 99.0 Å². The van der Waals surface area contributed by atoms with E-state index in [9.17, 15) is 4.79 Å². The van der Waals surface area contributed by atoms with Crippen LogP contribution in [0.1, 0.15) is 21.6 Å². The highest BCUT2D eigenvalue weighted by molar-refractivity contribution is 5.90. The molecule has 0 atom stereocenters. The molecule has 1 aromatic heterocycles. The van der Waals surface area contributed by atoms with Crippen LogP contribution in [0.3, 0.4) is 0 Å². The van der Waals surface area contributed by atoms with E-state index in [1.54, 1.807) is 16.9 Å². The minimum atomic E-state index is -0.536. The number of rotatable bonds is 3. The Kier molecular flexibility index (Phi) is 2.93. The fraction of sp³-hybridized carbons (Fsp3) is 0.167. The molecule has 1 aromatic carbocycles. The number of benzene rings is 1. The average Bonchev–Trinajstić information content (AvgIpc) is 2.78. The number of aryl methyl sites for hydroxylation is 1. The van der Waals surface area contributed by atoms with Gasteiger partial charge in [0.1, 0.15) is 5.69 Å². The Bertz CT molecular complexity index is 559. The first kappa shape index (κ1) is 11.3. The molecule has 4 N–H and O–H groups in total. The summed E-state index contributed by atoms with van der Waals surface area (Å²) in [5.74, 6) is -0.536. The summed E-state index contributed by atoms with van der Waals surface area (Å²) in [6.45, 7) is 2.41. The lowest BCUT2D eigenvalue weighted by Gasteiger charge is -2.08. The van der Waals surface area contributed by atoms with Crippen LogP contribution in [0.25, 0.3) is 5.69 Å². The lowest BCUT2D eigenvalue weighted by atomic mass is 10.1. The molecule has 0 saturated carbocycles. The van der Waals surface area contributed by atoms with Crippen molar-refractivity contribution in [3.05, 3.63) is 47.3 Å². The van der Waals surface area contributed by atoms with Crippen molar-refractivity contribution in [1.82, 2.24) is 9.78 Å². The van der Waals surface area contributed by atoms with Gasteiger partial charge in [0.05, 0.1) is 5.69 Å². The van der Waals surface area contributed by atoms with E-state index in [1.165, 1.54) is 0 Å². The van der Waals surface area contributed by atoms with Gasteiger partial charge in [0.2, 0.25) is 0 Å². The molecular formula is C12H14N4O. The Morgan fingerprint density at radius 3 is 2.76 bits per heavy atom. The fourth-order valence-corrected chi connectivity index (χ4v) is 1.65. The van der Waals surface area contributed by atoms with Crippen LogP contribution in [0.2, 0.25) is 0 Å². The molecule has 0 radical (unpaired) electrons. The standard InChI is InChI=1S/C12H14N4O/c1-8-2-3-9(7-13)11(6-8)16-5-4-10(15-16)12(14)17/h2-6H,7,13H2,1H3,(H2,14,17). The fourth-order valence-electron chi connectivity index (χ4n) is 1.65. The highest BCUT2D eigenvalue weighted by Crippen LogP contribution is 2.16. The average molecular weight is 230 g/mol. The first-order valence-electron chi connectivity index (χ1n) is 5.27. The van der Waals surface area contributed by atoms with E-state index in [0.29, 0.717) is 6.54 Å². The minimum absolute atomic E-state index is 0.245. The van der Waals surface area contributed by atoms with Crippen molar-refractivity contribution in [2.24, 2.45) is 11.5 Å². The molecule has 2 aromatic rings. The van der Waals surface area contributed by atoms with Crippen LogP contribution >= 0.6 is 0 Å². The highest BCUT2D eigenvalue weighted by atomic mass is 16.1. The van der Waals surface area contributed by atoms with Gasteiger partial charge in [0.15, 0.2) is 0 Å². The molecule has 0 fully saturated rings. The number of amides is 1. The number of aromatic nitrogens is 2. The van der Waals surface area contributed by atoms with E-state index >= 15 is 0 Å². The normalized spacial score (nSPS) is 10.5. The molecule has 0 saturated heterocycles. The van der Waals surface area contributed by atoms with Crippen molar-refractivity contribution in [3.63, 3.8) is 0 Å².